The molecule has 0 radical (unpaired) electrons. The van der Waals surface area contributed by atoms with Gasteiger partial charge < -0.3 is 9.84 Å². The monoisotopic (exact) mass is 380 g/mol. The van der Waals surface area contributed by atoms with E-state index < -0.39 is 32.4 Å². The number of methoxy groups -OCH3 is 1. The summed E-state index contributed by atoms with van der Waals surface area (Å²) in [5, 5.41) is 9.23. The van der Waals surface area contributed by atoms with Crippen molar-refractivity contribution in [2.45, 2.75) is 16.1 Å². The maximum atomic E-state index is 13.1. The van der Waals surface area contributed by atoms with Gasteiger partial charge in [-0.15, -0.1) is 0 Å². The molecule has 3 atom stereocenters. The Morgan fingerprint density at radius 2 is 1.76 bits per heavy atom. The molecule has 2 aromatic carbocycles. The van der Waals surface area contributed by atoms with Gasteiger partial charge in [0.15, 0.2) is 9.84 Å². The normalized spacial score (nSPS) is 25.5. The van der Waals surface area contributed by atoms with Gasteiger partial charge in [-0.1, -0.05) is 41.9 Å². The summed E-state index contributed by atoms with van der Waals surface area (Å²) < 4.78 is 31.3. The van der Waals surface area contributed by atoms with E-state index in [0.29, 0.717) is 10.6 Å². The molecule has 1 fully saturated rings. The maximum absolute atomic E-state index is 13.1. The molecule has 1 aliphatic rings. The highest BCUT2D eigenvalue weighted by Crippen LogP contribution is 2.64. The largest absolute Gasteiger partial charge is 0.481 e. The van der Waals surface area contributed by atoms with Gasteiger partial charge >= 0.3 is 5.97 Å². The number of hydrogen-bond donors (Lipinski definition) is 1. The fraction of sp³-hybridized carbons (Fsp3) is 0.278. The Hall–Kier alpha value is -1.89. The van der Waals surface area contributed by atoms with Crippen molar-refractivity contribution in [1.29, 1.82) is 0 Å². The van der Waals surface area contributed by atoms with Crippen LogP contribution >= 0.6 is 11.6 Å². The van der Waals surface area contributed by atoms with Crippen molar-refractivity contribution in [3.8, 4) is 0 Å². The number of hydrogen-bond acceptors (Lipinski definition) is 4. The number of carbonyl (C=O) groups is 1. The van der Waals surface area contributed by atoms with Crippen molar-refractivity contribution >= 4 is 27.4 Å². The maximum Gasteiger partial charge on any atom is 0.314 e. The van der Waals surface area contributed by atoms with Crippen LogP contribution in [0.5, 0.6) is 0 Å². The summed E-state index contributed by atoms with van der Waals surface area (Å²) in [6, 6.07) is 14.5. The van der Waals surface area contributed by atoms with E-state index in [1.165, 1.54) is 19.2 Å². The van der Waals surface area contributed by atoms with E-state index in [1.54, 1.807) is 42.5 Å². The molecule has 25 heavy (non-hydrogen) atoms. The summed E-state index contributed by atoms with van der Waals surface area (Å²) in [7, 11) is -2.47. The number of carboxylic acid groups (broad SMARTS) is 1. The lowest BCUT2D eigenvalue weighted by Gasteiger charge is -2.12. The van der Waals surface area contributed by atoms with Gasteiger partial charge in [0.2, 0.25) is 0 Å². The Kier molecular flexibility index (Phi) is 4.62. The highest BCUT2D eigenvalue weighted by atomic mass is 35.5. The molecule has 0 spiro atoms. The van der Waals surface area contributed by atoms with E-state index in [-0.39, 0.29) is 11.5 Å². The zero-order valence-corrected chi connectivity index (χ0v) is 15.0. The van der Waals surface area contributed by atoms with E-state index in [4.69, 9.17) is 16.3 Å². The number of rotatable bonds is 6. The molecule has 2 aromatic rings. The Labute approximate surface area is 151 Å². The minimum atomic E-state index is -3.84. The standard InChI is InChI=1S/C18H17ClO5S/c1-24-11-18(17(20)21)15(12-7-9-13(19)10-8-12)16(18)25(22,23)14-5-3-2-4-6-14/h2-10,15-16H,11H2,1H3,(H,20,21)/t15-,16-,18-/m0/s1. The number of sulfone groups is 1. The highest BCUT2D eigenvalue weighted by molar-refractivity contribution is 7.92. The SMILES string of the molecule is COC[C@]1(C(=O)O)[C@@H](c2ccc(Cl)cc2)[C@@H]1S(=O)(=O)c1ccccc1. The van der Waals surface area contributed by atoms with E-state index >= 15 is 0 Å². The summed E-state index contributed by atoms with van der Waals surface area (Å²) in [5.74, 6) is -1.88. The second-order valence-electron chi connectivity index (χ2n) is 6.09. The first-order chi connectivity index (χ1) is 11.9. The van der Waals surface area contributed by atoms with Crippen molar-refractivity contribution < 1.29 is 23.1 Å². The summed E-state index contributed by atoms with van der Waals surface area (Å²) in [4.78, 5) is 12.2. The zero-order chi connectivity index (χ0) is 18.2. The predicted molar refractivity (Wildman–Crippen MR) is 93.6 cm³/mol. The van der Waals surface area contributed by atoms with Crippen LogP contribution < -0.4 is 0 Å². The summed E-state index contributed by atoms with van der Waals surface area (Å²) >= 11 is 5.89. The van der Waals surface area contributed by atoms with E-state index in [2.05, 4.69) is 0 Å². The third-order valence-electron chi connectivity index (χ3n) is 4.67. The first-order valence-corrected chi connectivity index (χ1v) is 9.55. The van der Waals surface area contributed by atoms with Crippen LogP contribution in [0.4, 0.5) is 0 Å². The Morgan fingerprint density at radius 1 is 1.16 bits per heavy atom. The van der Waals surface area contributed by atoms with Crippen LogP contribution in [0.1, 0.15) is 11.5 Å². The average Bonchev–Trinajstić information content (AvgIpc) is 3.28. The van der Waals surface area contributed by atoms with Crippen molar-refractivity contribution in [1.82, 2.24) is 0 Å². The highest BCUT2D eigenvalue weighted by Gasteiger charge is 2.76. The number of halogens is 1. The number of benzene rings is 2. The fourth-order valence-electron chi connectivity index (χ4n) is 3.49. The molecule has 7 heteroatoms. The van der Waals surface area contributed by atoms with Crippen LogP contribution in [0.3, 0.4) is 0 Å². The second kappa shape index (κ2) is 6.44. The first-order valence-electron chi connectivity index (χ1n) is 7.62. The van der Waals surface area contributed by atoms with Crippen LogP contribution in [0, 0.1) is 5.41 Å². The van der Waals surface area contributed by atoms with E-state index in [1.807, 2.05) is 0 Å². The molecule has 1 aliphatic carbocycles. The molecule has 132 valence electrons. The molecule has 1 saturated carbocycles. The van der Waals surface area contributed by atoms with Crippen molar-refractivity contribution in [2.75, 3.05) is 13.7 Å². The predicted octanol–water partition coefficient (Wildman–Crippen LogP) is 3.00. The lowest BCUT2D eigenvalue weighted by Crippen LogP contribution is -2.28. The van der Waals surface area contributed by atoms with Gasteiger partial charge in [-0.3, -0.25) is 4.79 Å². The summed E-state index contributed by atoms with van der Waals surface area (Å²) in [6.07, 6.45) is 0. The van der Waals surface area contributed by atoms with Gasteiger partial charge in [0, 0.05) is 18.1 Å². The lowest BCUT2D eigenvalue weighted by atomic mass is 10.0. The topological polar surface area (TPSA) is 80.7 Å². The summed E-state index contributed by atoms with van der Waals surface area (Å²) in [5.41, 5.74) is -0.898. The number of aliphatic carboxylic acids is 1. The first kappa shape index (κ1) is 17.9. The molecule has 0 amide bonds. The minimum Gasteiger partial charge on any atom is -0.481 e. The Morgan fingerprint density at radius 3 is 2.28 bits per heavy atom. The van der Waals surface area contributed by atoms with Gasteiger partial charge in [-0.05, 0) is 29.8 Å². The van der Waals surface area contributed by atoms with Crippen LogP contribution in [-0.2, 0) is 19.4 Å². The van der Waals surface area contributed by atoms with E-state index in [9.17, 15) is 18.3 Å². The molecule has 0 aliphatic heterocycles. The molecule has 5 nitrogen and oxygen atoms in total. The molecular weight excluding hydrogens is 364 g/mol. The third kappa shape index (κ3) is 2.84. The van der Waals surface area contributed by atoms with Crippen molar-refractivity contribution in [3.05, 3.63) is 65.2 Å². The van der Waals surface area contributed by atoms with Gasteiger partial charge in [0.1, 0.15) is 5.41 Å². The Balaban J connectivity index is 2.12. The molecule has 0 saturated heterocycles. The lowest BCUT2D eigenvalue weighted by molar-refractivity contribution is -0.145. The molecule has 3 rings (SSSR count). The smallest absolute Gasteiger partial charge is 0.314 e. The number of carboxylic acids is 1. The van der Waals surface area contributed by atoms with Crippen molar-refractivity contribution in [3.63, 3.8) is 0 Å². The molecular formula is C18H17ClO5S. The molecule has 0 heterocycles. The molecule has 0 unspecified atom stereocenters. The van der Waals surface area contributed by atoms with E-state index in [0.717, 1.165) is 0 Å². The minimum absolute atomic E-state index is 0.109. The molecule has 0 aromatic heterocycles. The number of ether oxygens (including phenoxy) is 1. The van der Waals surface area contributed by atoms with Crippen molar-refractivity contribution in [2.24, 2.45) is 5.41 Å². The summed E-state index contributed by atoms with van der Waals surface area (Å²) in [6.45, 7) is -0.188. The fourth-order valence-corrected chi connectivity index (χ4v) is 5.99. The molecule has 0 bridgehead atoms. The van der Waals surface area contributed by atoms with Gasteiger partial charge in [0.25, 0.3) is 0 Å². The van der Waals surface area contributed by atoms with Crippen LogP contribution in [0.25, 0.3) is 0 Å². The van der Waals surface area contributed by atoms with Crippen LogP contribution in [0.15, 0.2) is 59.5 Å². The molecule has 1 N–H and O–H groups in total. The quantitative estimate of drug-likeness (QED) is 0.833. The second-order valence-corrected chi connectivity index (χ2v) is 8.59. The average molecular weight is 381 g/mol. The van der Waals surface area contributed by atoms with Crippen LogP contribution in [-0.4, -0.2) is 38.5 Å². The zero-order valence-electron chi connectivity index (χ0n) is 13.4. The van der Waals surface area contributed by atoms with Gasteiger partial charge in [-0.25, -0.2) is 8.42 Å². The Bertz CT molecular complexity index is 879. The van der Waals surface area contributed by atoms with Gasteiger partial charge in [-0.2, -0.15) is 0 Å². The van der Waals surface area contributed by atoms with Crippen LogP contribution in [0.2, 0.25) is 5.02 Å². The van der Waals surface area contributed by atoms with Gasteiger partial charge in [0.05, 0.1) is 16.8 Å². The third-order valence-corrected chi connectivity index (χ3v) is 7.22.